The van der Waals surface area contributed by atoms with E-state index in [0.29, 0.717) is 6.61 Å². The lowest BCUT2D eigenvalue weighted by Gasteiger charge is -2.20. The molecule has 4 nitrogen and oxygen atoms in total. The Morgan fingerprint density at radius 1 is 1.75 bits per heavy atom. The largest absolute Gasteiger partial charge is 0.481 e. The van der Waals surface area contributed by atoms with E-state index >= 15 is 0 Å². The van der Waals surface area contributed by atoms with Crippen molar-refractivity contribution in [1.82, 2.24) is 0 Å². The van der Waals surface area contributed by atoms with Gasteiger partial charge in [-0.1, -0.05) is 6.92 Å². The second-order valence-corrected chi connectivity index (χ2v) is 3.16. The van der Waals surface area contributed by atoms with E-state index in [2.05, 4.69) is 0 Å². The number of rotatable bonds is 3. The van der Waals surface area contributed by atoms with E-state index in [1.54, 1.807) is 6.92 Å². The molecule has 1 rings (SSSR count). The fraction of sp³-hybridized carbons (Fsp3) is 0.875. The quantitative estimate of drug-likeness (QED) is 0.693. The van der Waals surface area contributed by atoms with Crippen LogP contribution in [0, 0.1) is 0 Å². The first-order valence-electron chi connectivity index (χ1n) is 4.09. The molecule has 0 aromatic rings. The first-order chi connectivity index (χ1) is 5.56. The minimum atomic E-state index is -0.910. The van der Waals surface area contributed by atoms with E-state index in [1.165, 1.54) is 0 Å². The molecule has 1 aliphatic heterocycles. The number of ether oxygens (including phenoxy) is 2. The molecule has 0 aromatic heterocycles. The lowest BCUT2D eigenvalue weighted by atomic mass is 10.2. The van der Waals surface area contributed by atoms with Crippen molar-refractivity contribution in [2.24, 2.45) is 0 Å². The first kappa shape index (κ1) is 9.48. The fourth-order valence-electron chi connectivity index (χ4n) is 1.26. The standard InChI is InChI=1S/C8H14O4/c1-3-6-5-11-8(2,12-6)4-7(9)10/h6H,3-5H2,1-2H3,(H,9,10). The zero-order valence-corrected chi connectivity index (χ0v) is 7.37. The van der Waals surface area contributed by atoms with E-state index in [-0.39, 0.29) is 12.5 Å². The van der Waals surface area contributed by atoms with Gasteiger partial charge in [-0.25, -0.2) is 0 Å². The fourth-order valence-corrected chi connectivity index (χ4v) is 1.26. The van der Waals surface area contributed by atoms with Crippen molar-refractivity contribution >= 4 is 5.97 Å². The maximum Gasteiger partial charge on any atom is 0.308 e. The van der Waals surface area contributed by atoms with Gasteiger partial charge in [0.15, 0.2) is 5.79 Å². The maximum absolute atomic E-state index is 10.4. The van der Waals surface area contributed by atoms with Crippen molar-refractivity contribution < 1.29 is 19.4 Å². The molecule has 0 saturated carbocycles. The molecule has 1 fully saturated rings. The minimum absolute atomic E-state index is 0.0503. The van der Waals surface area contributed by atoms with Crippen LogP contribution < -0.4 is 0 Å². The molecule has 1 aliphatic rings. The van der Waals surface area contributed by atoms with E-state index < -0.39 is 11.8 Å². The average Bonchev–Trinajstić information content (AvgIpc) is 2.30. The minimum Gasteiger partial charge on any atom is -0.481 e. The third kappa shape index (κ3) is 2.19. The van der Waals surface area contributed by atoms with Crippen LogP contribution in [0.25, 0.3) is 0 Å². The molecule has 2 atom stereocenters. The Balaban J connectivity index is 2.46. The Morgan fingerprint density at radius 3 is 2.83 bits per heavy atom. The molecule has 0 spiro atoms. The summed E-state index contributed by atoms with van der Waals surface area (Å²) in [6.45, 7) is 4.15. The zero-order chi connectivity index (χ0) is 9.19. The molecule has 2 unspecified atom stereocenters. The van der Waals surface area contributed by atoms with E-state index in [1.807, 2.05) is 6.92 Å². The van der Waals surface area contributed by atoms with E-state index in [0.717, 1.165) is 6.42 Å². The predicted octanol–water partition coefficient (Wildman–Crippen LogP) is 1.00. The molecule has 1 heterocycles. The third-order valence-corrected chi connectivity index (χ3v) is 1.92. The summed E-state index contributed by atoms with van der Waals surface area (Å²) >= 11 is 0. The monoisotopic (exact) mass is 174 g/mol. The molecule has 0 aliphatic carbocycles. The summed E-state index contributed by atoms with van der Waals surface area (Å²) < 4.78 is 10.7. The average molecular weight is 174 g/mol. The highest BCUT2D eigenvalue weighted by Gasteiger charge is 2.38. The van der Waals surface area contributed by atoms with Crippen LogP contribution in [0.15, 0.2) is 0 Å². The van der Waals surface area contributed by atoms with Gasteiger partial charge >= 0.3 is 5.97 Å². The SMILES string of the molecule is CCC1COC(C)(CC(=O)O)O1. The Bertz CT molecular complexity index is 180. The Hall–Kier alpha value is -0.610. The number of carboxylic acids is 1. The normalized spacial score (nSPS) is 35.3. The van der Waals surface area contributed by atoms with Crippen LogP contribution in [-0.4, -0.2) is 29.6 Å². The van der Waals surface area contributed by atoms with Gasteiger partial charge in [0, 0.05) is 0 Å². The lowest BCUT2D eigenvalue weighted by Crippen LogP contribution is -2.29. The van der Waals surface area contributed by atoms with E-state index in [9.17, 15) is 4.79 Å². The summed E-state index contributed by atoms with van der Waals surface area (Å²) in [5.41, 5.74) is 0. The summed E-state index contributed by atoms with van der Waals surface area (Å²) in [5.74, 6) is -1.80. The summed E-state index contributed by atoms with van der Waals surface area (Å²) in [7, 11) is 0. The van der Waals surface area contributed by atoms with Gasteiger partial charge in [-0.05, 0) is 13.3 Å². The highest BCUT2D eigenvalue weighted by Crippen LogP contribution is 2.27. The molecular formula is C8H14O4. The molecule has 0 bridgehead atoms. The van der Waals surface area contributed by atoms with Gasteiger partial charge in [-0.2, -0.15) is 0 Å². The number of hydrogen-bond acceptors (Lipinski definition) is 3. The Morgan fingerprint density at radius 2 is 2.42 bits per heavy atom. The van der Waals surface area contributed by atoms with Crippen LogP contribution >= 0.6 is 0 Å². The Labute approximate surface area is 71.5 Å². The first-order valence-corrected chi connectivity index (χ1v) is 4.09. The maximum atomic E-state index is 10.4. The molecule has 4 heteroatoms. The summed E-state index contributed by atoms with van der Waals surface area (Å²) in [6.07, 6.45) is 0.813. The number of carbonyl (C=O) groups is 1. The van der Waals surface area contributed by atoms with Gasteiger partial charge in [0.2, 0.25) is 0 Å². The molecule has 1 saturated heterocycles. The van der Waals surface area contributed by atoms with Crippen LogP contribution in [0.3, 0.4) is 0 Å². The van der Waals surface area contributed by atoms with Gasteiger partial charge in [0.05, 0.1) is 19.1 Å². The second kappa shape index (κ2) is 3.41. The highest BCUT2D eigenvalue weighted by atomic mass is 16.7. The van der Waals surface area contributed by atoms with Crippen LogP contribution in [-0.2, 0) is 14.3 Å². The van der Waals surface area contributed by atoms with Crippen LogP contribution in [0.2, 0.25) is 0 Å². The highest BCUT2D eigenvalue weighted by molar-refractivity contribution is 5.67. The van der Waals surface area contributed by atoms with Crippen molar-refractivity contribution in [2.45, 2.75) is 38.6 Å². The van der Waals surface area contributed by atoms with Crippen molar-refractivity contribution in [3.63, 3.8) is 0 Å². The van der Waals surface area contributed by atoms with Crippen LogP contribution in [0.4, 0.5) is 0 Å². The van der Waals surface area contributed by atoms with Crippen LogP contribution in [0.1, 0.15) is 26.7 Å². The van der Waals surface area contributed by atoms with E-state index in [4.69, 9.17) is 14.6 Å². The molecule has 0 amide bonds. The molecular weight excluding hydrogens is 160 g/mol. The molecule has 12 heavy (non-hydrogen) atoms. The van der Waals surface area contributed by atoms with Crippen molar-refractivity contribution in [3.8, 4) is 0 Å². The predicted molar refractivity (Wildman–Crippen MR) is 41.8 cm³/mol. The van der Waals surface area contributed by atoms with Crippen LogP contribution in [0.5, 0.6) is 0 Å². The molecule has 0 radical (unpaired) electrons. The number of carboxylic acid groups (broad SMARTS) is 1. The summed E-state index contributed by atoms with van der Waals surface area (Å²) in [6, 6.07) is 0. The van der Waals surface area contributed by atoms with Gasteiger partial charge in [0.25, 0.3) is 0 Å². The van der Waals surface area contributed by atoms with Crippen molar-refractivity contribution in [2.75, 3.05) is 6.61 Å². The van der Waals surface area contributed by atoms with Gasteiger partial charge in [0.1, 0.15) is 0 Å². The summed E-state index contributed by atoms with van der Waals surface area (Å²) in [5, 5.41) is 8.54. The lowest BCUT2D eigenvalue weighted by molar-refractivity contribution is -0.176. The summed E-state index contributed by atoms with van der Waals surface area (Å²) in [4.78, 5) is 10.4. The second-order valence-electron chi connectivity index (χ2n) is 3.16. The molecule has 1 N–H and O–H groups in total. The van der Waals surface area contributed by atoms with Crippen molar-refractivity contribution in [3.05, 3.63) is 0 Å². The van der Waals surface area contributed by atoms with Gasteiger partial charge < -0.3 is 14.6 Å². The van der Waals surface area contributed by atoms with Gasteiger partial charge in [-0.3, -0.25) is 4.79 Å². The topological polar surface area (TPSA) is 55.8 Å². The zero-order valence-electron chi connectivity index (χ0n) is 7.37. The number of aliphatic carboxylic acids is 1. The number of hydrogen-bond donors (Lipinski definition) is 1. The molecule has 70 valence electrons. The van der Waals surface area contributed by atoms with Gasteiger partial charge in [-0.15, -0.1) is 0 Å². The molecule has 0 aromatic carbocycles. The third-order valence-electron chi connectivity index (χ3n) is 1.92. The smallest absolute Gasteiger partial charge is 0.308 e. The Kier molecular flexibility index (Phi) is 2.69. The van der Waals surface area contributed by atoms with Crippen molar-refractivity contribution in [1.29, 1.82) is 0 Å².